The van der Waals surface area contributed by atoms with E-state index >= 15 is 0 Å². The van der Waals surface area contributed by atoms with Gasteiger partial charge in [-0.15, -0.1) is 0 Å². The number of phenolic OH excluding ortho intramolecular Hbond substituents is 1. The molecule has 1 heterocycles. The lowest BCUT2D eigenvalue weighted by Gasteiger charge is -2.39. The van der Waals surface area contributed by atoms with E-state index in [2.05, 4.69) is 0 Å². The molecule has 8 heteroatoms. The van der Waals surface area contributed by atoms with Crippen molar-refractivity contribution in [2.45, 2.75) is 37.3 Å². The van der Waals surface area contributed by atoms with Crippen molar-refractivity contribution in [3.8, 4) is 11.5 Å². The average Bonchev–Trinajstić information content (AvgIpc) is 2.53. The first-order valence-electron chi connectivity index (χ1n) is 6.76. The van der Waals surface area contributed by atoms with E-state index in [4.69, 9.17) is 19.3 Å². The second-order valence-electron chi connectivity index (χ2n) is 5.01. The van der Waals surface area contributed by atoms with E-state index in [-0.39, 0.29) is 18.1 Å². The SMILES string of the molecule is COc1cc(COC2O[C@H](CO)[C@@H](O)[C@H](O)[C@@H]2O)ccc1O. The van der Waals surface area contributed by atoms with Crippen LogP contribution in [0.3, 0.4) is 0 Å². The summed E-state index contributed by atoms with van der Waals surface area (Å²) >= 11 is 0. The smallest absolute Gasteiger partial charge is 0.187 e. The van der Waals surface area contributed by atoms with Gasteiger partial charge in [-0.1, -0.05) is 6.07 Å². The maximum absolute atomic E-state index is 9.84. The van der Waals surface area contributed by atoms with Gasteiger partial charge in [-0.25, -0.2) is 0 Å². The van der Waals surface area contributed by atoms with Crippen molar-refractivity contribution in [2.24, 2.45) is 0 Å². The highest BCUT2D eigenvalue weighted by atomic mass is 16.7. The largest absolute Gasteiger partial charge is 0.504 e. The molecule has 1 aromatic carbocycles. The minimum Gasteiger partial charge on any atom is -0.504 e. The molecule has 8 nitrogen and oxygen atoms in total. The Morgan fingerprint density at radius 3 is 2.50 bits per heavy atom. The lowest BCUT2D eigenvalue weighted by atomic mass is 9.99. The summed E-state index contributed by atoms with van der Waals surface area (Å²) in [5, 5.41) is 47.8. The predicted molar refractivity (Wildman–Crippen MR) is 73.2 cm³/mol. The van der Waals surface area contributed by atoms with E-state index in [0.717, 1.165) is 0 Å². The first-order chi connectivity index (χ1) is 10.5. The van der Waals surface area contributed by atoms with Crippen LogP contribution in [0, 0.1) is 0 Å². The molecule has 1 unspecified atom stereocenters. The Labute approximate surface area is 127 Å². The summed E-state index contributed by atoms with van der Waals surface area (Å²) in [7, 11) is 1.41. The Kier molecular flexibility index (Phi) is 5.57. The Balaban J connectivity index is 2.01. The van der Waals surface area contributed by atoms with Gasteiger partial charge in [-0.3, -0.25) is 0 Å². The van der Waals surface area contributed by atoms with Gasteiger partial charge in [0.05, 0.1) is 20.3 Å². The highest BCUT2D eigenvalue weighted by Crippen LogP contribution is 2.28. The van der Waals surface area contributed by atoms with Gasteiger partial charge in [0.25, 0.3) is 0 Å². The monoisotopic (exact) mass is 316 g/mol. The first kappa shape index (κ1) is 16.9. The Bertz CT molecular complexity index is 492. The summed E-state index contributed by atoms with van der Waals surface area (Å²) < 4.78 is 15.6. The number of benzene rings is 1. The minimum atomic E-state index is -1.48. The molecule has 1 fully saturated rings. The van der Waals surface area contributed by atoms with Gasteiger partial charge < -0.3 is 39.7 Å². The van der Waals surface area contributed by atoms with E-state index in [0.29, 0.717) is 5.56 Å². The predicted octanol–water partition coefficient (Wildman–Crippen LogP) is -1.28. The van der Waals surface area contributed by atoms with Crippen LogP contribution >= 0.6 is 0 Å². The van der Waals surface area contributed by atoms with Crippen molar-refractivity contribution in [1.82, 2.24) is 0 Å². The van der Waals surface area contributed by atoms with E-state index in [9.17, 15) is 20.4 Å². The maximum atomic E-state index is 9.84. The fourth-order valence-electron chi connectivity index (χ4n) is 2.20. The molecule has 0 aromatic heterocycles. The molecule has 0 radical (unpaired) electrons. The molecule has 0 bridgehead atoms. The van der Waals surface area contributed by atoms with Gasteiger partial charge in [-0.05, 0) is 17.7 Å². The van der Waals surface area contributed by atoms with Crippen LogP contribution < -0.4 is 4.74 Å². The quantitative estimate of drug-likeness (QED) is 0.454. The van der Waals surface area contributed by atoms with E-state index in [1.807, 2.05) is 0 Å². The summed E-state index contributed by atoms with van der Waals surface area (Å²) in [5.74, 6) is 0.258. The molecular weight excluding hydrogens is 296 g/mol. The zero-order chi connectivity index (χ0) is 16.3. The Hall–Kier alpha value is -1.42. The molecule has 1 aliphatic rings. The molecule has 1 aliphatic heterocycles. The second kappa shape index (κ2) is 7.23. The van der Waals surface area contributed by atoms with Crippen LogP contribution in [-0.4, -0.2) is 70.0 Å². The fraction of sp³-hybridized carbons (Fsp3) is 0.571. The van der Waals surface area contributed by atoms with Crippen molar-refractivity contribution >= 4 is 0 Å². The molecule has 1 saturated heterocycles. The van der Waals surface area contributed by atoms with Crippen molar-refractivity contribution in [3.05, 3.63) is 23.8 Å². The third-order valence-corrected chi connectivity index (χ3v) is 3.51. The number of ether oxygens (including phenoxy) is 3. The van der Waals surface area contributed by atoms with Gasteiger partial charge in [0.15, 0.2) is 17.8 Å². The molecule has 0 amide bonds. The molecule has 0 aliphatic carbocycles. The molecule has 1 aromatic rings. The highest BCUT2D eigenvalue weighted by Gasteiger charge is 2.43. The summed E-state index contributed by atoms with van der Waals surface area (Å²) in [6, 6.07) is 4.59. The molecule has 124 valence electrons. The zero-order valence-corrected chi connectivity index (χ0v) is 12.0. The second-order valence-corrected chi connectivity index (χ2v) is 5.01. The number of aromatic hydroxyl groups is 1. The lowest BCUT2D eigenvalue weighted by molar-refractivity contribution is -0.304. The van der Waals surface area contributed by atoms with Crippen LogP contribution in [0.4, 0.5) is 0 Å². The van der Waals surface area contributed by atoms with Crippen LogP contribution in [0.5, 0.6) is 11.5 Å². The molecular formula is C14H20O8. The van der Waals surface area contributed by atoms with Crippen molar-refractivity contribution < 1.29 is 39.7 Å². The number of hydrogen-bond donors (Lipinski definition) is 5. The van der Waals surface area contributed by atoms with Gasteiger partial charge in [-0.2, -0.15) is 0 Å². The van der Waals surface area contributed by atoms with E-state index < -0.39 is 37.3 Å². The third-order valence-electron chi connectivity index (χ3n) is 3.51. The number of aliphatic hydroxyl groups is 4. The first-order valence-corrected chi connectivity index (χ1v) is 6.76. The molecule has 2 rings (SSSR count). The maximum Gasteiger partial charge on any atom is 0.187 e. The number of aliphatic hydroxyl groups excluding tert-OH is 4. The third kappa shape index (κ3) is 3.49. The van der Waals surface area contributed by atoms with Crippen LogP contribution in [0.1, 0.15) is 5.56 Å². The van der Waals surface area contributed by atoms with Gasteiger partial charge >= 0.3 is 0 Å². The molecule has 5 atom stereocenters. The van der Waals surface area contributed by atoms with Crippen molar-refractivity contribution in [3.63, 3.8) is 0 Å². The fourth-order valence-corrected chi connectivity index (χ4v) is 2.20. The highest BCUT2D eigenvalue weighted by molar-refractivity contribution is 5.41. The van der Waals surface area contributed by atoms with Crippen LogP contribution in [0.2, 0.25) is 0 Å². The van der Waals surface area contributed by atoms with Crippen molar-refractivity contribution in [1.29, 1.82) is 0 Å². The zero-order valence-electron chi connectivity index (χ0n) is 12.0. The normalized spacial score (nSPS) is 32.0. The number of rotatable bonds is 5. The molecule has 0 saturated carbocycles. The number of hydrogen-bond acceptors (Lipinski definition) is 8. The molecule has 22 heavy (non-hydrogen) atoms. The van der Waals surface area contributed by atoms with Gasteiger partial charge in [0, 0.05) is 0 Å². The van der Waals surface area contributed by atoms with Crippen molar-refractivity contribution in [2.75, 3.05) is 13.7 Å². The standard InChI is InChI=1S/C14H20O8/c1-20-9-4-7(2-3-8(9)16)6-21-14-13(19)12(18)11(17)10(5-15)22-14/h2-4,10-19H,5-6H2,1H3/t10-,11-,12+,13+,14?/m1/s1. The van der Waals surface area contributed by atoms with Gasteiger partial charge in [0.2, 0.25) is 0 Å². The minimum absolute atomic E-state index is 0.0132. The molecule has 5 N–H and O–H groups in total. The number of phenols is 1. The lowest BCUT2D eigenvalue weighted by Crippen LogP contribution is -2.59. The van der Waals surface area contributed by atoms with Crippen LogP contribution in [0.15, 0.2) is 18.2 Å². The van der Waals surface area contributed by atoms with Gasteiger partial charge in [0.1, 0.15) is 24.4 Å². The Morgan fingerprint density at radius 2 is 1.86 bits per heavy atom. The summed E-state index contributed by atoms with van der Waals surface area (Å²) in [6.07, 6.45) is -6.57. The summed E-state index contributed by atoms with van der Waals surface area (Å²) in [6.45, 7) is -0.503. The molecule has 0 spiro atoms. The van der Waals surface area contributed by atoms with E-state index in [1.165, 1.54) is 13.2 Å². The van der Waals surface area contributed by atoms with Crippen LogP contribution in [-0.2, 0) is 16.1 Å². The van der Waals surface area contributed by atoms with Crippen LogP contribution in [0.25, 0.3) is 0 Å². The topological polar surface area (TPSA) is 129 Å². The summed E-state index contributed by atoms with van der Waals surface area (Å²) in [4.78, 5) is 0. The average molecular weight is 316 g/mol. The number of methoxy groups -OCH3 is 1. The van der Waals surface area contributed by atoms with E-state index in [1.54, 1.807) is 12.1 Å². The summed E-state index contributed by atoms with van der Waals surface area (Å²) in [5.41, 5.74) is 0.645. The Morgan fingerprint density at radius 1 is 1.14 bits per heavy atom.